The molecule has 0 fully saturated rings. The maximum Gasteiger partial charge on any atom is 0.349 e. The fourth-order valence-corrected chi connectivity index (χ4v) is 5.17. The largest absolute Gasteiger partial charge is 0.462 e. The Morgan fingerprint density at radius 1 is 0.974 bits per heavy atom. The number of aryl methyl sites for hydroxylation is 1. The van der Waals surface area contributed by atoms with Gasteiger partial charge in [0.2, 0.25) is 0 Å². The first-order chi connectivity index (χ1) is 18.0. The number of rotatable bonds is 6. The summed E-state index contributed by atoms with van der Waals surface area (Å²) in [5.41, 5.74) is 3.49. The third kappa shape index (κ3) is 5.60. The van der Waals surface area contributed by atoms with E-state index < -0.39 is 23.4 Å². The van der Waals surface area contributed by atoms with Crippen LogP contribution in [0.1, 0.15) is 69.2 Å². The molecule has 1 N–H and O–H groups in total. The van der Waals surface area contributed by atoms with Crippen LogP contribution < -0.4 is 5.32 Å². The molecule has 0 aliphatic rings. The zero-order valence-electron chi connectivity index (χ0n) is 22.3. The van der Waals surface area contributed by atoms with Crippen LogP contribution in [-0.4, -0.2) is 35.0 Å². The molecule has 0 radical (unpaired) electrons. The second kappa shape index (κ2) is 10.8. The second-order valence-electron chi connectivity index (χ2n) is 9.82. The predicted molar refractivity (Wildman–Crippen MR) is 150 cm³/mol. The molecule has 0 unspecified atom stereocenters. The summed E-state index contributed by atoms with van der Waals surface area (Å²) in [7, 11) is 0. The van der Waals surface area contributed by atoms with E-state index in [1.165, 1.54) is 0 Å². The standard InChI is InChI=1S/C30H30N2O5S/c1-7-36-28(34)24-18(3)25(29(35)37-30(4,5)6)38-27(24)32-26(33)21-16-23(19-13-9-8-12-17(19)2)31-22-15-11-10-14-20(21)22/h8-16H,7H2,1-6H3,(H,32,33). The van der Waals surface area contributed by atoms with E-state index in [9.17, 15) is 14.4 Å². The maximum atomic E-state index is 13.7. The number of carbonyl (C=O) groups is 3. The molecule has 0 atom stereocenters. The van der Waals surface area contributed by atoms with E-state index in [0.717, 1.165) is 22.5 Å². The molecule has 2 heterocycles. The zero-order chi connectivity index (χ0) is 27.6. The molecule has 2 aromatic carbocycles. The molecule has 0 aliphatic heterocycles. The summed E-state index contributed by atoms with van der Waals surface area (Å²) >= 11 is 0.998. The van der Waals surface area contributed by atoms with Crippen LogP contribution in [0.5, 0.6) is 0 Å². The number of nitrogens with zero attached hydrogens (tertiary/aromatic N) is 1. The lowest BCUT2D eigenvalue weighted by Crippen LogP contribution is -2.23. The van der Waals surface area contributed by atoms with Gasteiger partial charge in [-0.15, -0.1) is 11.3 Å². The number of fused-ring (bicyclic) bond motifs is 1. The highest BCUT2D eigenvalue weighted by molar-refractivity contribution is 7.18. The van der Waals surface area contributed by atoms with E-state index >= 15 is 0 Å². The van der Waals surface area contributed by atoms with Crippen molar-refractivity contribution in [3.05, 3.63) is 81.7 Å². The molecule has 1 amide bonds. The maximum absolute atomic E-state index is 13.7. The summed E-state index contributed by atoms with van der Waals surface area (Å²) in [6.07, 6.45) is 0. The lowest BCUT2D eigenvalue weighted by atomic mass is 10.0. The van der Waals surface area contributed by atoms with Gasteiger partial charge in [-0.2, -0.15) is 0 Å². The summed E-state index contributed by atoms with van der Waals surface area (Å²) in [5, 5.41) is 3.77. The molecule has 2 aromatic heterocycles. The number of anilines is 1. The number of esters is 2. The summed E-state index contributed by atoms with van der Waals surface area (Å²) in [4.78, 5) is 44.6. The van der Waals surface area contributed by atoms with Gasteiger partial charge in [-0.05, 0) is 64.8 Å². The average molecular weight is 531 g/mol. The first kappa shape index (κ1) is 27.0. The SMILES string of the molecule is CCOC(=O)c1c(NC(=O)c2cc(-c3ccccc3C)nc3ccccc23)sc(C(=O)OC(C)(C)C)c1C. The Balaban J connectivity index is 1.81. The van der Waals surface area contributed by atoms with Crippen LogP contribution in [-0.2, 0) is 9.47 Å². The third-order valence-corrected chi connectivity index (χ3v) is 7.01. The van der Waals surface area contributed by atoms with Gasteiger partial charge in [-0.1, -0.05) is 42.5 Å². The predicted octanol–water partition coefficient (Wildman–Crippen LogP) is 6.96. The Morgan fingerprint density at radius 3 is 2.34 bits per heavy atom. The Morgan fingerprint density at radius 2 is 1.66 bits per heavy atom. The van der Waals surface area contributed by atoms with Crippen LogP contribution >= 0.6 is 11.3 Å². The molecule has 4 rings (SSSR count). The molecule has 0 spiro atoms. The summed E-state index contributed by atoms with van der Waals surface area (Å²) in [6, 6.07) is 17.0. The van der Waals surface area contributed by atoms with Crippen molar-refractivity contribution in [3.8, 4) is 11.3 Å². The second-order valence-corrected chi connectivity index (χ2v) is 10.8. The van der Waals surface area contributed by atoms with Gasteiger partial charge >= 0.3 is 11.9 Å². The minimum atomic E-state index is -0.719. The normalized spacial score (nSPS) is 11.3. The molecule has 4 aromatic rings. The van der Waals surface area contributed by atoms with Gasteiger partial charge in [0, 0.05) is 10.9 Å². The van der Waals surface area contributed by atoms with Gasteiger partial charge in [0.1, 0.15) is 15.5 Å². The molecule has 8 heteroatoms. The van der Waals surface area contributed by atoms with Gasteiger partial charge in [0.25, 0.3) is 5.91 Å². The third-order valence-electron chi connectivity index (χ3n) is 5.82. The Kier molecular flexibility index (Phi) is 7.64. The van der Waals surface area contributed by atoms with Crippen molar-refractivity contribution in [2.24, 2.45) is 0 Å². The lowest BCUT2D eigenvalue weighted by Gasteiger charge is -2.19. The highest BCUT2D eigenvalue weighted by Gasteiger charge is 2.30. The molecule has 196 valence electrons. The van der Waals surface area contributed by atoms with Crippen molar-refractivity contribution >= 4 is 45.1 Å². The first-order valence-corrected chi connectivity index (χ1v) is 13.1. The zero-order valence-corrected chi connectivity index (χ0v) is 23.1. The monoisotopic (exact) mass is 530 g/mol. The minimum Gasteiger partial charge on any atom is -0.462 e. The van der Waals surface area contributed by atoms with Crippen LogP contribution in [0.15, 0.2) is 54.6 Å². The van der Waals surface area contributed by atoms with Gasteiger partial charge in [0.15, 0.2) is 0 Å². The number of amides is 1. The van der Waals surface area contributed by atoms with E-state index in [1.54, 1.807) is 40.7 Å². The number of nitrogens with one attached hydrogen (secondary N) is 1. The lowest BCUT2D eigenvalue weighted by molar-refractivity contribution is 0.00744. The number of thiophene rings is 1. The van der Waals surface area contributed by atoms with Gasteiger partial charge in [-0.3, -0.25) is 4.79 Å². The van der Waals surface area contributed by atoms with Crippen LogP contribution in [0.2, 0.25) is 0 Å². The van der Waals surface area contributed by atoms with Gasteiger partial charge < -0.3 is 14.8 Å². The number of pyridine rings is 1. The van der Waals surface area contributed by atoms with E-state index in [4.69, 9.17) is 14.5 Å². The van der Waals surface area contributed by atoms with E-state index in [0.29, 0.717) is 27.7 Å². The topological polar surface area (TPSA) is 94.6 Å². The van der Waals surface area contributed by atoms with Crippen LogP contribution in [0.25, 0.3) is 22.2 Å². The first-order valence-electron chi connectivity index (χ1n) is 12.3. The van der Waals surface area contributed by atoms with Crippen molar-refractivity contribution in [2.75, 3.05) is 11.9 Å². The van der Waals surface area contributed by atoms with Crippen molar-refractivity contribution in [2.45, 2.75) is 47.1 Å². The number of hydrogen-bond donors (Lipinski definition) is 1. The molecule has 7 nitrogen and oxygen atoms in total. The van der Waals surface area contributed by atoms with Crippen molar-refractivity contribution in [1.82, 2.24) is 4.98 Å². The number of ether oxygens (including phenoxy) is 2. The number of hydrogen-bond acceptors (Lipinski definition) is 7. The Hall–Kier alpha value is -4.04. The number of aromatic nitrogens is 1. The molecule has 0 bridgehead atoms. The van der Waals surface area contributed by atoms with E-state index in [-0.39, 0.29) is 22.0 Å². The van der Waals surface area contributed by atoms with Crippen molar-refractivity contribution in [3.63, 3.8) is 0 Å². The highest BCUT2D eigenvalue weighted by Crippen LogP contribution is 2.36. The number of para-hydroxylation sites is 1. The van der Waals surface area contributed by atoms with Crippen LogP contribution in [0, 0.1) is 13.8 Å². The molecule has 38 heavy (non-hydrogen) atoms. The number of benzene rings is 2. The van der Waals surface area contributed by atoms with Crippen LogP contribution in [0.3, 0.4) is 0 Å². The Labute approximate surface area is 225 Å². The van der Waals surface area contributed by atoms with E-state index in [1.807, 2.05) is 55.5 Å². The van der Waals surface area contributed by atoms with Crippen LogP contribution in [0.4, 0.5) is 5.00 Å². The van der Waals surface area contributed by atoms with E-state index in [2.05, 4.69) is 5.32 Å². The summed E-state index contributed by atoms with van der Waals surface area (Å²) in [5.74, 6) is -1.62. The quantitative estimate of drug-likeness (QED) is 0.271. The van der Waals surface area contributed by atoms with Gasteiger partial charge in [0.05, 0.1) is 28.9 Å². The van der Waals surface area contributed by atoms with Crippen molar-refractivity contribution in [1.29, 1.82) is 0 Å². The summed E-state index contributed by atoms with van der Waals surface area (Å²) < 4.78 is 10.8. The fourth-order valence-electron chi connectivity index (χ4n) is 4.10. The number of carbonyl (C=O) groups excluding carboxylic acids is 3. The minimum absolute atomic E-state index is 0.142. The molecule has 0 saturated carbocycles. The smallest absolute Gasteiger partial charge is 0.349 e. The van der Waals surface area contributed by atoms with Crippen molar-refractivity contribution < 1.29 is 23.9 Å². The highest BCUT2D eigenvalue weighted by atomic mass is 32.1. The average Bonchev–Trinajstić information content (AvgIpc) is 3.18. The summed E-state index contributed by atoms with van der Waals surface area (Å²) in [6.45, 7) is 10.8. The molecule has 0 aliphatic carbocycles. The molecular weight excluding hydrogens is 500 g/mol. The Bertz CT molecular complexity index is 1550. The molecule has 0 saturated heterocycles. The molecular formula is C30H30N2O5S. The fraction of sp³-hybridized carbons (Fsp3) is 0.267. The van der Waals surface area contributed by atoms with Gasteiger partial charge in [-0.25, -0.2) is 14.6 Å².